The molecule has 36 heteroatoms. The Morgan fingerprint density at radius 2 is 0.333 bits per heavy atom. The van der Waals surface area contributed by atoms with Gasteiger partial charge in [0, 0.05) is 25.7 Å². The Balaban J connectivity index is 6.21. The molecule has 0 fully saturated rings. The standard InChI is InChI=1S/C45H54O36/c1-5-27(46)64-9-31(50)68-13-35(54)72-17-39(58)76-21-43(62)80-25-45(23-78-41(60)19-74-37(56)15-70-33(52)11-66-29(48)7-3,24-79-42(61)20-75-38(57)16-71-34(53)12-67-30(49)8-4)26-81-44(63)22-77-40(59)18-73-36(55)14-69-32(51)10-65-28(47)6-2/h1H,5-26H2,2-4H3. The van der Waals surface area contributed by atoms with Gasteiger partial charge in [0.2, 0.25) is 0 Å². The minimum Gasteiger partial charge on any atom is -0.462 e. The lowest BCUT2D eigenvalue weighted by molar-refractivity contribution is -0.182. The van der Waals surface area contributed by atoms with E-state index in [9.17, 15) is 86.3 Å². The summed E-state index contributed by atoms with van der Waals surface area (Å²) >= 11 is 0. The van der Waals surface area contributed by atoms with Crippen molar-refractivity contribution < 1.29 is 172 Å². The van der Waals surface area contributed by atoms with E-state index in [1.807, 2.05) is 0 Å². The van der Waals surface area contributed by atoms with Crippen LogP contribution in [-0.4, -0.2) is 226 Å². The maximum Gasteiger partial charge on any atom is 0.344 e. The summed E-state index contributed by atoms with van der Waals surface area (Å²) in [7, 11) is 0. The van der Waals surface area contributed by atoms with Crippen molar-refractivity contribution in [2.24, 2.45) is 5.41 Å². The van der Waals surface area contributed by atoms with Crippen LogP contribution in [0.1, 0.15) is 46.5 Å². The molecule has 0 saturated carbocycles. The molecule has 0 aromatic carbocycles. The molecule has 0 spiro atoms. The zero-order valence-electron chi connectivity index (χ0n) is 43.3. The van der Waals surface area contributed by atoms with E-state index in [4.69, 9.17) is 25.9 Å². The molecule has 2 radical (unpaired) electrons. The molecule has 0 aromatic heterocycles. The Kier molecular flexibility index (Phi) is 36.7. The van der Waals surface area contributed by atoms with E-state index in [1.165, 1.54) is 20.8 Å². The second kappa shape index (κ2) is 41.5. The highest BCUT2D eigenvalue weighted by Gasteiger charge is 2.39. The average Bonchev–Trinajstić information content (AvgIpc) is 3.46. The Hall–Kier alpha value is -9.54. The largest absolute Gasteiger partial charge is 0.462 e. The van der Waals surface area contributed by atoms with E-state index in [-0.39, 0.29) is 19.3 Å². The van der Waals surface area contributed by atoms with Crippen molar-refractivity contribution >= 4 is 107 Å². The van der Waals surface area contributed by atoms with Gasteiger partial charge in [0.05, 0.1) is 0 Å². The van der Waals surface area contributed by atoms with Crippen LogP contribution in [-0.2, 0) is 172 Å². The van der Waals surface area contributed by atoms with Crippen molar-refractivity contribution in [2.45, 2.75) is 46.5 Å². The second-order valence-corrected chi connectivity index (χ2v) is 14.7. The van der Waals surface area contributed by atoms with Gasteiger partial charge in [0.15, 0.2) is 92.5 Å². The second-order valence-electron chi connectivity index (χ2n) is 14.7. The van der Waals surface area contributed by atoms with Gasteiger partial charge in [-0.1, -0.05) is 20.8 Å². The topological polar surface area (TPSA) is 473 Å². The molecular formula is C45H54O36. The first-order chi connectivity index (χ1) is 38.3. The van der Waals surface area contributed by atoms with Crippen molar-refractivity contribution in [1.82, 2.24) is 0 Å². The summed E-state index contributed by atoms with van der Waals surface area (Å²) < 4.78 is 84.1. The van der Waals surface area contributed by atoms with Crippen molar-refractivity contribution in [3.05, 3.63) is 6.92 Å². The summed E-state index contributed by atoms with van der Waals surface area (Å²) in [6.45, 7) is -10.8. The lowest BCUT2D eigenvalue weighted by Gasteiger charge is -2.31. The summed E-state index contributed by atoms with van der Waals surface area (Å²) in [6.07, 6.45) is -0.807. The van der Waals surface area contributed by atoms with Gasteiger partial charge in [0.25, 0.3) is 0 Å². The van der Waals surface area contributed by atoms with E-state index in [0.717, 1.165) is 0 Å². The van der Waals surface area contributed by atoms with Crippen LogP contribution in [0.5, 0.6) is 0 Å². The minimum absolute atomic E-state index is 0.0643. The van der Waals surface area contributed by atoms with Gasteiger partial charge < -0.3 is 85.3 Å². The summed E-state index contributed by atoms with van der Waals surface area (Å²) in [5.74, 6) is -22.0. The predicted molar refractivity (Wildman–Crippen MR) is 239 cm³/mol. The van der Waals surface area contributed by atoms with Crippen LogP contribution in [0, 0.1) is 12.3 Å². The highest BCUT2D eigenvalue weighted by atomic mass is 16.7. The number of hydrogen-bond donors (Lipinski definition) is 0. The molecule has 0 unspecified atom stereocenters. The minimum atomic E-state index is -2.33. The van der Waals surface area contributed by atoms with Gasteiger partial charge in [-0.05, 0) is 6.92 Å². The highest BCUT2D eigenvalue weighted by Crippen LogP contribution is 2.22. The smallest absolute Gasteiger partial charge is 0.344 e. The first kappa shape index (κ1) is 71.5. The summed E-state index contributed by atoms with van der Waals surface area (Å²) in [5, 5.41) is 0. The van der Waals surface area contributed by atoms with E-state index in [0.29, 0.717) is 0 Å². The maximum absolute atomic E-state index is 12.8. The van der Waals surface area contributed by atoms with Gasteiger partial charge in [-0.25, -0.2) is 67.1 Å². The number of carbonyl (C=O) groups is 18. The van der Waals surface area contributed by atoms with Crippen LogP contribution in [0.3, 0.4) is 0 Å². The van der Waals surface area contributed by atoms with Crippen LogP contribution >= 0.6 is 0 Å². The highest BCUT2D eigenvalue weighted by molar-refractivity contribution is 5.85. The Morgan fingerprint density at radius 1 is 0.210 bits per heavy atom. The normalized spacial score (nSPS) is 10.2. The van der Waals surface area contributed by atoms with Crippen LogP contribution in [0.25, 0.3) is 0 Å². The van der Waals surface area contributed by atoms with Crippen LogP contribution in [0.15, 0.2) is 0 Å². The molecule has 0 aliphatic carbocycles. The van der Waals surface area contributed by atoms with Crippen LogP contribution in [0.4, 0.5) is 0 Å². The monoisotopic (exact) mass is 1170 g/mol. The number of esters is 18. The van der Waals surface area contributed by atoms with Gasteiger partial charge in [-0.3, -0.25) is 19.2 Å². The van der Waals surface area contributed by atoms with Crippen LogP contribution in [0.2, 0.25) is 0 Å². The molecule has 450 valence electrons. The molecule has 0 heterocycles. The number of ether oxygens (including phenoxy) is 18. The van der Waals surface area contributed by atoms with E-state index in [1.54, 1.807) is 0 Å². The van der Waals surface area contributed by atoms with Crippen molar-refractivity contribution in [2.75, 3.05) is 119 Å². The Labute approximate surface area is 456 Å². The number of rotatable bonds is 40. The summed E-state index contributed by atoms with van der Waals surface area (Å²) in [4.78, 5) is 215. The number of carbonyl (C=O) groups excluding carboxylic acids is 18. The molecule has 0 N–H and O–H groups in total. The van der Waals surface area contributed by atoms with Crippen molar-refractivity contribution in [1.29, 1.82) is 0 Å². The third-order valence-corrected chi connectivity index (χ3v) is 8.10. The molecule has 0 aromatic rings. The third-order valence-electron chi connectivity index (χ3n) is 8.10. The molecule has 0 bridgehead atoms. The van der Waals surface area contributed by atoms with Crippen molar-refractivity contribution in [3.8, 4) is 0 Å². The molecule has 0 rings (SSSR count). The molecule has 0 aliphatic rings. The van der Waals surface area contributed by atoms with Gasteiger partial charge in [0.1, 0.15) is 31.8 Å². The first-order valence-electron chi connectivity index (χ1n) is 22.9. The zero-order chi connectivity index (χ0) is 61.2. The molecule has 81 heavy (non-hydrogen) atoms. The molecule has 36 nitrogen and oxygen atoms in total. The lowest BCUT2D eigenvalue weighted by atomic mass is 9.92. The predicted octanol–water partition coefficient (Wildman–Crippen LogP) is -4.92. The third kappa shape index (κ3) is 38.6. The maximum atomic E-state index is 12.8. The summed E-state index contributed by atoms with van der Waals surface area (Å²) in [6, 6.07) is 0. The number of hydrogen-bond acceptors (Lipinski definition) is 36. The molecule has 0 atom stereocenters. The van der Waals surface area contributed by atoms with Crippen molar-refractivity contribution in [3.63, 3.8) is 0 Å². The fourth-order valence-corrected chi connectivity index (χ4v) is 4.08. The summed E-state index contributed by atoms with van der Waals surface area (Å²) in [5.41, 5.74) is -2.33. The van der Waals surface area contributed by atoms with Gasteiger partial charge in [-0.15, -0.1) is 0 Å². The molecular weight excluding hydrogens is 1120 g/mol. The lowest BCUT2D eigenvalue weighted by Crippen LogP contribution is -2.45. The van der Waals surface area contributed by atoms with E-state index >= 15 is 0 Å². The quantitative estimate of drug-likeness (QED) is 0.0410. The molecule has 0 aliphatic heterocycles. The van der Waals surface area contributed by atoms with E-state index < -0.39 is 238 Å². The first-order valence-corrected chi connectivity index (χ1v) is 22.9. The SMILES string of the molecule is [CH]CC(=O)OCC(=O)OCC(=O)OCC(=O)OCC(=O)OCC(COC(=O)COC(=O)COC(=O)COC(=O)CC)(COC(=O)COC(=O)COC(=O)COC(=O)CC)COC(=O)COC(=O)COC(=O)COC(=O)COC(=O)CC. The molecule has 0 amide bonds. The Bertz CT molecular complexity index is 2090. The van der Waals surface area contributed by atoms with Gasteiger partial charge >= 0.3 is 107 Å². The zero-order valence-corrected chi connectivity index (χ0v) is 43.3. The Morgan fingerprint density at radius 3 is 0.469 bits per heavy atom. The van der Waals surface area contributed by atoms with Gasteiger partial charge in [-0.2, -0.15) is 0 Å². The fourth-order valence-electron chi connectivity index (χ4n) is 4.08. The fraction of sp³-hybridized carbons (Fsp3) is 0.578. The molecule has 0 saturated heterocycles. The van der Waals surface area contributed by atoms with E-state index in [2.05, 4.69) is 66.3 Å². The van der Waals surface area contributed by atoms with Crippen LogP contribution < -0.4 is 0 Å². The average molecular weight is 1170 g/mol.